The first-order valence-electron chi connectivity index (χ1n) is 10.1. The van der Waals surface area contributed by atoms with Crippen molar-refractivity contribution in [3.63, 3.8) is 0 Å². The topological polar surface area (TPSA) is 66.9 Å². The van der Waals surface area contributed by atoms with E-state index in [-0.39, 0.29) is 35.7 Å². The molecule has 8 heteroatoms. The molecule has 0 aromatic heterocycles. The van der Waals surface area contributed by atoms with Crippen LogP contribution in [0.5, 0.6) is 5.75 Å². The Morgan fingerprint density at radius 3 is 2.33 bits per heavy atom. The van der Waals surface area contributed by atoms with Crippen molar-refractivity contribution in [2.75, 3.05) is 32.7 Å². The molecule has 2 heterocycles. The molecular weight excluding hydrogens is 424 g/mol. The van der Waals surface area contributed by atoms with Crippen LogP contribution >= 0.6 is 12.4 Å². The Balaban J connectivity index is 0.00000256. The number of ether oxygens (including phenoxy) is 1. The second-order valence-corrected chi connectivity index (χ2v) is 9.49. The van der Waals surface area contributed by atoms with Crippen LogP contribution in [0.1, 0.15) is 29.6 Å². The summed E-state index contributed by atoms with van der Waals surface area (Å²) < 4.78 is 32.9. The minimum Gasteiger partial charge on any atom is -0.490 e. The van der Waals surface area contributed by atoms with Crippen molar-refractivity contribution in [3.8, 4) is 5.75 Å². The minimum atomic E-state index is -3.59. The molecule has 1 saturated heterocycles. The lowest BCUT2D eigenvalue weighted by atomic mass is 10.1. The molecule has 0 bridgehead atoms. The van der Waals surface area contributed by atoms with Gasteiger partial charge in [0.05, 0.1) is 11.4 Å². The lowest BCUT2D eigenvalue weighted by molar-refractivity contribution is 0.0933. The number of benzene rings is 2. The summed E-state index contributed by atoms with van der Waals surface area (Å²) in [6, 6.07) is 16.4. The quantitative estimate of drug-likeness (QED) is 0.676. The van der Waals surface area contributed by atoms with Gasteiger partial charge in [-0.15, -0.1) is 12.4 Å². The van der Waals surface area contributed by atoms with E-state index in [2.05, 4.69) is 4.90 Å². The van der Waals surface area contributed by atoms with Crippen LogP contribution in [0.3, 0.4) is 0 Å². The molecule has 162 valence electrons. The Labute approximate surface area is 184 Å². The van der Waals surface area contributed by atoms with E-state index in [0.717, 1.165) is 38.2 Å². The summed E-state index contributed by atoms with van der Waals surface area (Å²) in [4.78, 5) is 14.8. The number of piperidine rings is 1. The summed E-state index contributed by atoms with van der Waals surface area (Å²) in [6.45, 7) is 2.99. The molecule has 2 aliphatic heterocycles. The van der Waals surface area contributed by atoms with Gasteiger partial charge >= 0.3 is 0 Å². The maximum absolute atomic E-state index is 12.8. The Hall–Kier alpha value is -1.93. The third-order valence-corrected chi connectivity index (χ3v) is 7.49. The maximum atomic E-state index is 12.8. The highest BCUT2D eigenvalue weighted by atomic mass is 35.5. The van der Waals surface area contributed by atoms with Gasteiger partial charge in [-0.1, -0.05) is 30.3 Å². The number of ketones is 1. The van der Waals surface area contributed by atoms with E-state index in [9.17, 15) is 13.2 Å². The van der Waals surface area contributed by atoms with E-state index >= 15 is 0 Å². The van der Waals surface area contributed by atoms with Gasteiger partial charge in [-0.2, -0.15) is 4.31 Å². The Morgan fingerprint density at radius 1 is 0.933 bits per heavy atom. The van der Waals surface area contributed by atoms with Crippen LogP contribution in [-0.2, 0) is 10.0 Å². The number of Topliss-reactive ketones (excluding diaryl/α,β-unsaturated/α-hetero) is 1. The molecule has 0 radical (unpaired) electrons. The normalized spacial score (nSPS) is 19.7. The predicted octanol–water partition coefficient (Wildman–Crippen LogP) is 3.23. The number of carbonyl (C=O) groups excluding carboxylic acids is 1. The smallest absolute Gasteiger partial charge is 0.244 e. The molecule has 2 aromatic carbocycles. The summed E-state index contributed by atoms with van der Waals surface area (Å²) >= 11 is 0. The first-order chi connectivity index (χ1) is 14.0. The predicted molar refractivity (Wildman–Crippen MR) is 118 cm³/mol. The van der Waals surface area contributed by atoms with Crippen LogP contribution in [0.25, 0.3) is 0 Å². The summed E-state index contributed by atoms with van der Waals surface area (Å²) in [5, 5.41) is 0. The van der Waals surface area contributed by atoms with Gasteiger partial charge in [-0.25, -0.2) is 8.42 Å². The Bertz CT molecular complexity index is 960. The molecule has 0 amide bonds. The third-order valence-electron chi connectivity index (χ3n) is 5.59. The number of nitrogens with zero attached hydrogens (tertiary/aromatic N) is 2. The van der Waals surface area contributed by atoms with Crippen molar-refractivity contribution >= 4 is 28.2 Å². The first kappa shape index (κ1) is 22.7. The number of sulfonamides is 1. The van der Waals surface area contributed by atoms with Gasteiger partial charge in [0, 0.05) is 25.2 Å². The van der Waals surface area contributed by atoms with E-state index in [4.69, 9.17) is 4.74 Å². The van der Waals surface area contributed by atoms with E-state index in [1.807, 2.05) is 30.3 Å². The lowest BCUT2D eigenvalue weighted by Crippen LogP contribution is -2.43. The van der Waals surface area contributed by atoms with Crippen LogP contribution in [0.2, 0.25) is 0 Å². The number of carbonyl (C=O) groups is 1. The zero-order valence-corrected chi connectivity index (χ0v) is 18.4. The number of para-hydroxylation sites is 1. The second-order valence-electron chi connectivity index (χ2n) is 7.58. The molecule has 0 atom stereocenters. The van der Waals surface area contributed by atoms with Crippen molar-refractivity contribution in [2.24, 2.45) is 0 Å². The fourth-order valence-electron chi connectivity index (χ4n) is 4.00. The highest BCUT2D eigenvalue weighted by molar-refractivity contribution is 7.89. The monoisotopic (exact) mass is 450 g/mol. The molecule has 0 saturated carbocycles. The molecule has 0 unspecified atom stereocenters. The maximum Gasteiger partial charge on any atom is 0.244 e. The molecule has 0 N–H and O–H groups in total. The van der Waals surface area contributed by atoms with E-state index in [1.54, 1.807) is 18.2 Å². The molecule has 30 heavy (non-hydrogen) atoms. The van der Waals surface area contributed by atoms with Crippen molar-refractivity contribution in [1.29, 1.82) is 0 Å². The molecule has 0 spiro atoms. The van der Waals surface area contributed by atoms with Crippen molar-refractivity contribution in [1.82, 2.24) is 9.21 Å². The fraction of sp³-hybridized carbons (Fsp3) is 0.409. The molecule has 2 aliphatic rings. The summed E-state index contributed by atoms with van der Waals surface area (Å²) in [5.41, 5.74) is 0.309. The van der Waals surface area contributed by atoms with Gasteiger partial charge in [0.1, 0.15) is 11.9 Å². The number of likely N-dealkylation sites (tertiary alicyclic amines) is 1. The van der Waals surface area contributed by atoms with Gasteiger partial charge in [0.2, 0.25) is 10.0 Å². The van der Waals surface area contributed by atoms with Crippen LogP contribution < -0.4 is 4.74 Å². The average molecular weight is 451 g/mol. The van der Waals surface area contributed by atoms with Gasteiger partial charge in [-0.3, -0.25) is 4.79 Å². The highest BCUT2D eigenvalue weighted by Crippen LogP contribution is 2.26. The van der Waals surface area contributed by atoms with E-state index in [0.29, 0.717) is 18.5 Å². The zero-order valence-electron chi connectivity index (χ0n) is 16.8. The number of halogens is 1. The van der Waals surface area contributed by atoms with Gasteiger partial charge in [0.25, 0.3) is 0 Å². The number of hydrogen-bond donors (Lipinski definition) is 0. The SMILES string of the molecule is Cl.O=C1CN(CCCN2CCC(Oc3ccccc3)CC2)S(=O)(=O)c2ccccc21. The molecule has 2 aromatic rings. The number of fused-ring (bicyclic) bond motifs is 1. The number of hydrogen-bond acceptors (Lipinski definition) is 5. The third kappa shape index (κ3) is 5.03. The highest BCUT2D eigenvalue weighted by Gasteiger charge is 2.35. The molecule has 1 fully saturated rings. The summed E-state index contributed by atoms with van der Waals surface area (Å²) in [6.07, 6.45) is 2.86. The molecular formula is C22H27ClN2O4S. The number of rotatable bonds is 6. The van der Waals surface area contributed by atoms with Gasteiger partial charge < -0.3 is 9.64 Å². The van der Waals surface area contributed by atoms with E-state index < -0.39 is 10.0 Å². The Kier molecular flexibility index (Phi) is 7.52. The van der Waals surface area contributed by atoms with Crippen LogP contribution in [0, 0.1) is 0 Å². The van der Waals surface area contributed by atoms with Gasteiger partial charge in [0.15, 0.2) is 5.78 Å². The van der Waals surface area contributed by atoms with Crippen molar-refractivity contribution in [2.45, 2.75) is 30.3 Å². The largest absolute Gasteiger partial charge is 0.490 e. The Morgan fingerprint density at radius 2 is 1.60 bits per heavy atom. The lowest BCUT2D eigenvalue weighted by Gasteiger charge is -2.33. The van der Waals surface area contributed by atoms with Crippen LogP contribution in [-0.4, -0.2) is 62.2 Å². The summed E-state index contributed by atoms with van der Waals surface area (Å²) in [5.74, 6) is 0.778. The van der Waals surface area contributed by atoms with Crippen LogP contribution in [0.4, 0.5) is 0 Å². The second kappa shape index (κ2) is 9.92. The fourth-order valence-corrected chi connectivity index (χ4v) is 5.65. The standard InChI is InChI=1S/C22H26N2O4S.ClH/c25-21-17-24(29(26,27)22-10-5-4-9-20(21)22)14-6-13-23-15-11-19(12-16-23)28-18-7-2-1-3-8-18;/h1-5,7-10,19H,6,11-17H2;1H. The molecule has 6 nitrogen and oxygen atoms in total. The van der Waals surface area contributed by atoms with E-state index in [1.165, 1.54) is 10.4 Å². The van der Waals surface area contributed by atoms with Crippen molar-refractivity contribution in [3.05, 3.63) is 60.2 Å². The van der Waals surface area contributed by atoms with Gasteiger partial charge in [-0.05, 0) is 50.1 Å². The minimum absolute atomic E-state index is 0. The molecule has 4 rings (SSSR count). The zero-order chi connectivity index (χ0) is 20.3. The summed E-state index contributed by atoms with van der Waals surface area (Å²) in [7, 11) is -3.59. The molecule has 0 aliphatic carbocycles. The first-order valence-corrected chi connectivity index (χ1v) is 11.5. The van der Waals surface area contributed by atoms with Crippen LogP contribution in [0.15, 0.2) is 59.5 Å². The van der Waals surface area contributed by atoms with Crippen molar-refractivity contribution < 1.29 is 17.9 Å². The average Bonchev–Trinajstić information content (AvgIpc) is 2.74.